The van der Waals surface area contributed by atoms with Crippen LogP contribution in [0.2, 0.25) is 0 Å². The summed E-state index contributed by atoms with van der Waals surface area (Å²) in [7, 11) is 0. The van der Waals surface area contributed by atoms with Crippen molar-refractivity contribution < 1.29 is 32.1 Å². The van der Waals surface area contributed by atoms with Gasteiger partial charge in [0.05, 0.1) is 38.2 Å². The van der Waals surface area contributed by atoms with Crippen LogP contribution in [0.4, 0.5) is 13.2 Å². The molecule has 2 aliphatic heterocycles. The highest BCUT2D eigenvalue weighted by atomic mass is 32.1. The highest BCUT2D eigenvalue weighted by molar-refractivity contribution is 7.15. The van der Waals surface area contributed by atoms with Gasteiger partial charge in [-0.1, -0.05) is 18.2 Å². The number of hydrogen-bond acceptors (Lipinski definition) is 9. The Kier molecular flexibility index (Phi) is 11.9. The largest absolute Gasteiger partial charge is 0.491 e. The lowest BCUT2D eigenvalue weighted by atomic mass is 9.87. The van der Waals surface area contributed by atoms with Crippen molar-refractivity contribution in [2.24, 2.45) is 4.99 Å². The predicted molar refractivity (Wildman–Crippen MR) is 228 cm³/mol. The lowest BCUT2D eigenvalue weighted by Gasteiger charge is -2.43. The van der Waals surface area contributed by atoms with Crippen molar-refractivity contribution in [3.8, 4) is 16.5 Å². The number of aliphatic imine (C=N–C) groups is 1. The third kappa shape index (κ3) is 8.34. The molecular formula is C46H51F3N6O4S. The zero-order chi connectivity index (χ0) is 42.3. The maximum absolute atomic E-state index is 16.0. The molecule has 0 amide bonds. The van der Waals surface area contributed by atoms with E-state index in [1.165, 1.54) is 36.4 Å². The minimum absolute atomic E-state index is 0.00727. The summed E-state index contributed by atoms with van der Waals surface area (Å²) < 4.78 is 72.1. The Morgan fingerprint density at radius 1 is 0.850 bits per heavy atom. The fraction of sp³-hybridized carbons (Fsp3) is 0.413. The molecule has 0 saturated heterocycles. The number of H-pyrrole nitrogens is 1. The molecule has 0 radical (unpaired) electrons. The molecule has 1 N–H and O–H groups in total. The first-order valence-electron chi connectivity index (χ1n) is 20.4. The maximum Gasteiger partial charge on any atom is 0.162 e. The van der Waals surface area contributed by atoms with Gasteiger partial charge in [0, 0.05) is 62.9 Å². The molecule has 316 valence electrons. The van der Waals surface area contributed by atoms with Gasteiger partial charge in [-0.25, -0.2) is 13.2 Å². The van der Waals surface area contributed by atoms with E-state index in [-0.39, 0.29) is 43.2 Å². The average molecular weight is 841 g/mol. The summed E-state index contributed by atoms with van der Waals surface area (Å²) >= 11 is 1.74. The minimum Gasteiger partial charge on any atom is -0.491 e. The van der Waals surface area contributed by atoms with E-state index in [9.17, 15) is 0 Å². The van der Waals surface area contributed by atoms with Gasteiger partial charge < -0.3 is 23.9 Å². The van der Waals surface area contributed by atoms with Crippen molar-refractivity contribution in [2.45, 2.75) is 78.7 Å². The van der Waals surface area contributed by atoms with E-state index < -0.39 is 23.3 Å². The molecule has 3 atom stereocenters. The number of thiophene rings is 1. The molecule has 0 fully saturated rings. The first-order valence-corrected chi connectivity index (χ1v) is 21.3. The Labute approximate surface area is 352 Å². The Morgan fingerprint density at radius 3 is 2.18 bits per heavy atom. The zero-order valence-corrected chi connectivity index (χ0v) is 35.9. The van der Waals surface area contributed by atoms with Crippen LogP contribution in [0.25, 0.3) is 15.9 Å². The van der Waals surface area contributed by atoms with Crippen LogP contribution >= 0.6 is 11.3 Å². The first-order chi connectivity index (χ1) is 28.8. The van der Waals surface area contributed by atoms with E-state index in [0.717, 1.165) is 55.7 Å². The number of nitrogens with one attached hydrogen (secondary N) is 1. The molecular weight excluding hydrogens is 790 g/mol. The smallest absolute Gasteiger partial charge is 0.162 e. The van der Waals surface area contributed by atoms with Gasteiger partial charge in [-0.3, -0.25) is 14.5 Å². The normalized spacial score (nSPS) is 17.9. The van der Waals surface area contributed by atoms with Crippen LogP contribution in [0.3, 0.4) is 0 Å². The Balaban J connectivity index is 0.799. The Morgan fingerprint density at radius 2 is 1.50 bits per heavy atom. The van der Waals surface area contributed by atoms with Crippen LogP contribution in [0.1, 0.15) is 89.8 Å². The predicted octanol–water partition coefficient (Wildman–Crippen LogP) is 9.50. The van der Waals surface area contributed by atoms with Crippen molar-refractivity contribution in [2.75, 3.05) is 46.2 Å². The molecule has 10 nitrogen and oxygen atoms in total. The fourth-order valence-corrected chi connectivity index (χ4v) is 9.57. The number of fused-ring (bicyclic) bond motifs is 6. The number of nitrogens with zero attached hydrogens (tertiary/aromatic N) is 5. The first kappa shape index (κ1) is 41.7. The number of aryl methyl sites for hydroxylation is 2. The zero-order valence-electron chi connectivity index (χ0n) is 35.1. The summed E-state index contributed by atoms with van der Waals surface area (Å²) in [6, 6.07) is 17.0. The van der Waals surface area contributed by atoms with Gasteiger partial charge in [-0.05, 0) is 96.3 Å². The van der Waals surface area contributed by atoms with Crippen molar-refractivity contribution in [1.82, 2.24) is 24.6 Å². The number of benzene rings is 3. The number of aromatic amines is 1. The van der Waals surface area contributed by atoms with E-state index in [2.05, 4.69) is 33.6 Å². The Hall–Kier alpha value is -5.02. The second kappa shape index (κ2) is 17.2. The monoisotopic (exact) mass is 840 g/mol. The van der Waals surface area contributed by atoms with Crippen molar-refractivity contribution in [1.29, 1.82) is 0 Å². The van der Waals surface area contributed by atoms with E-state index in [4.69, 9.17) is 23.9 Å². The second-order valence-electron chi connectivity index (χ2n) is 16.2. The third-order valence-corrected chi connectivity index (χ3v) is 12.4. The second-order valence-corrected chi connectivity index (χ2v) is 17.4. The molecule has 3 aromatic carbocycles. The number of alkyl halides is 1. The van der Waals surface area contributed by atoms with Gasteiger partial charge in [0.25, 0.3) is 0 Å². The SMILES string of the molecule is Cc1sc2c(c1C)C(c1ccc(OCCOCCOCCOc3cc(F)c([C@@H]4c5[nH]c6ccccc6c5C[C@@H](C)N4CC(C)(C)F)c(F)c3)cc1)=N[C@@H](C)c1nnc(C)n1-2. The van der Waals surface area contributed by atoms with E-state index in [1.807, 2.05) is 74.2 Å². The lowest BCUT2D eigenvalue weighted by Crippen LogP contribution is -2.48. The van der Waals surface area contributed by atoms with Gasteiger partial charge in [0.1, 0.15) is 58.9 Å². The molecule has 0 saturated carbocycles. The van der Waals surface area contributed by atoms with Gasteiger partial charge in [0.15, 0.2) is 5.82 Å². The summed E-state index contributed by atoms with van der Waals surface area (Å²) in [5, 5.41) is 10.9. The molecule has 0 unspecified atom stereocenters. The van der Waals surface area contributed by atoms with E-state index >= 15 is 13.2 Å². The quantitative estimate of drug-likeness (QED) is 0.103. The number of rotatable bonds is 15. The van der Waals surface area contributed by atoms with Crippen LogP contribution in [0.15, 0.2) is 65.7 Å². The molecule has 14 heteroatoms. The summed E-state index contributed by atoms with van der Waals surface area (Å²) in [6.07, 6.45) is 0.630. The molecule has 60 heavy (non-hydrogen) atoms. The topological polar surface area (TPSA) is 99.0 Å². The summed E-state index contributed by atoms with van der Waals surface area (Å²) in [5.41, 5.74) is 5.10. The van der Waals surface area contributed by atoms with Crippen molar-refractivity contribution in [3.05, 3.63) is 122 Å². The molecule has 5 heterocycles. The fourth-order valence-electron chi connectivity index (χ4n) is 8.35. The highest BCUT2D eigenvalue weighted by Crippen LogP contribution is 2.44. The van der Waals surface area contributed by atoms with Crippen molar-refractivity contribution >= 4 is 28.0 Å². The van der Waals surface area contributed by atoms with Gasteiger partial charge >= 0.3 is 0 Å². The summed E-state index contributed by atoms with van der Waals surface area (Å²) in [5.74, 6) is 0.951. The third-order valence-electron chi connectivity index (χ3n) is 11.2. The molecule has 0 bridgehead atoms. The summed E-state index contributed by atoms with van der Waals surface area (Å²) in [4.78, 5) is 11.6. The average Bonchev–Trinajstić information content (AvgIpc) is 3.84. The molecule has 0 aliphatic carbocycles. The molecule has 2 aliphatic rings. The summed E-state index contributed by atoms with van der Waals surface area (Å²) in [6.45, 7) is 14.9. The molecule has 6 aromatic rings. The maximum atomic E-state index is 16.0. The van der Waals surface area contributed by atoms with Gasteiger partial charge in [0.2, 0.25) is 0 Å². The van der Waals surface area contributed by atoms with Crippen LogP contribution in [0.5, 0.6) is 11.5 Å². The van der Waals surface area contributed by atoms with Gasteiger partial charge in [-0.15, -0.1) is 21.5 Å². The van der Waals surface area contributed by atoms with Crippen LogP contribution in [-0.2, 0) is 15.9 Å². The number of hydrogen-bond donors (Lipinski definition) is 1. The Bertz CT molecular complexity index is 2500. The minimum atomic E-state index is -1.58. The number of halogens is 3. The molecule has 0 spiro atoms. The standard InChI is InChI=1S/C46H51F3N6O4S/c1-26-22-35-34-10-8-9-11-38(34)51-42(35)43(54(26)25-46(6,7)49)40-36(47)23-33(24-37(40)48)59-21-19-57-17-16-56-18-20-58-32-14-12-31(13-15-32)41-39-27(2)29(4)60-45(39)55-30(5)52-53-44(55)28(3)50-41/h8-15,23-24,26,28,43,51H,16-22,25H2,1-7H3/t26-,28+,43-/m1/s1. The van der Waals surface area contributed by atoms with E-state index in [0.29, 0.717) is 38.5 Å². The molecule has 8 rings (SSSR count). The number of aromatic nitrogens is 4. The van der Waals surface area contributed by atoms with Crippen molar-refractivity contribution in [3.63, 3.8) is 0 Å². The lowest BCUT2D eigenvalue weighted by molar-refractivity contribution is 0.0273. The highest BCUT2D eigenvalue weighted by Gasteiger charge is 2.41. The van der Waals surface area contributed by atoms with Crippen LogP contribution in [-0.4, -0.2) is 88.3 Å². The number of para-hydroxylation sites is 1. The van der Waals surface area contributed by atoms with Crippen LogP contribution in [0, 0.1) is 32.4 Å². The van der Waals surface area contributed by atoms with E-state index in [1.54, 1.807) is 11.3 Å². The van der Waals surface area contributed by atoms with Gasteiger partial charge in [-0.2, -0.15) is 0 Å². The molecule has 3 aromatic heterocycles. The number of ether oxygens (including phenoxy) is 4. The van der Waals surface area contributed by atoms with Crippen LogP contribution < -0.4 is 9.47 Å².